The summed E-state index contributed by atoms with van der Waals surface area (Å²) >= 11 is 0. The van der Waals surface area contributed by atoms with Crippen molar-refractivity contribution in [3.05, 3.63) is 54.1 Å². The molecular formula is C14H11F3O. The molecule has 18 heavy (non-hydrogen) atoms. The van der Waals surface area contributed by atoms with Crippen LogP contribution in [-0.2, 0) is 0 Å². The van der Waals surface area contributed by atoms with E-state index in [2.05, 4.69) is 4.74 Å². The number of benzene rings is 2. The van der Waals surface area contributed by atoms with Gasteiger partial charge in [-0.15, -0.1) is 13.2 Å². The van der Waals surface area contributed by atoms with Crippen molar-refractivity contribution in [2.24, 2.45) is 0 Å². The second-order valence-electron chi connectivity index (χ2n) is 3.94. The first kappa shape index (κ1) is 12.5. The first-order valence-corrected chi connectivity index (χ1v) is 5.37. The van der Waals surface area contributed by atoms with Crippen molar-refractivity contribution >= 4 is 0 Å². The molecular weight excluding hydrogens is 241 g/mol. The van der Waals surface area contributed by atoms with Crippen LogP contribution in [0.4, 0.5) is 13.2 Å². The first-order valence-electron chi connectivity index (χ1n) is 5.37. The third-order valence-electron chi connectivity index (χ3n) is 2.44. The molecule has 94 valence electrons. The van der Waals surface area contributed by atoms with E-state index in [0.29, 0.717) is 0 Å². The molecule has 0 aliphatic carbocycles. The zero-order chi connectivity index (χ0) is 13.2. The van der Waals surface area contributed by atoms with Gasteiger partial charge in [0.1, 0.15) is 5.75 Å². The lowest BCUT2D eigenvalue weighted by Gasteiger charge is -2.09. The van der Waals surface area contributed by atoms with Crippen LogP contribution in [0.1, 0.15) is 5.56 Å². The Bertz CT molecular complexity index is 529. The monoisotopic (exact) mass is 252 g/mol. The average Bonchev–Trinajstić information content (AvgIpc) is 2.28. The van der Waals surface area contributed by atoms with E-state index in [1.807, 2.05) is 31.2 Å². The minimum atomic E-state index is -4.65. The summed E-state index contributed by atoms with van der Waals surface area (Å²) in [5.74, 6) is -0.209. The van der Waals surface area contributed by atoms with E-state index in [-0.39, 0.29) is 5.75 Å². The molecule has 0 bridgehead atoms. The lowest BCUT2D eigenvalue weighted by molar-refractivity contribution is -0.274. The molecule has 2 aromatic carbocycles. The molecule has 4 heteroatoms. The minimum Gasteiger partial charge on any atom is -0.406 e. The molecule has 0 atom stereocenters. The van der Waals surface area contributed by atoms with Crippen LogP contribution < -0.4 is 4.74 Å². The summed E-state index contributed by atoms with van der Waals surface area (Å²) in [4.78, 5) is 0. The highest BCUT2D eigenvalue weighted by Crippen LogP contribution is 2.26. The zero-order valence-electron chi connectivity index (χ0n) is 9.66. The predicted molar refractivity (Wildman–Crippen MR) is 63.3 cm³/mol. The fourth-order valence-corrected chi connectivity index (χ4v) is 1.67. The predicted octanol–water partition coefficient (Wildman–Crippen LogP) is 4.56. The number of hydrogen-bond acceptors (Lipinski definition) is 1. The van der Waals surface area contributed by atoms with Crippen molar-refractivity contribution in [1.29, 1.82) is 0 Å². The lowest BCUT2D eigenvalue weighted by atomic mass is 10.0. The summed E-state index contributed by atoms with van der Waals surface area (Å²) in [6, 6.07) is 13.6. The first-order chi connectivity index (χ1) is 8.44. The van der Waals surface area contributed by atoms with Gasteiger partial charge in [0.25, 0.3) is 0 Å². The van der Waals surface area contributed by atoms with Crippen LogP contribution in [0.25, 0.3) is 11.1 Å². The Balaban J connectivity index is 2.22. The van der Waals surface area contributed by atoms with Crippen molar-refractivity contribution in [2.45, 2.75) is 13.3 Å². The second-order valence-corrected chi connectivity index (χ2v) is 3.94. The van der Waals surface area contributed by atoms with Crippen LogP contribution in [0.2, 0.25) is 0 Å². The van der Waals surface area contributed by atoms with E-state index in [1.54, 1.807) is 12.1 Å². The molecule has 2 rings (SSSR count). The molecule has 0 saturated heterocycles. The summed E-state index contributed by atoms with van der Waals surface area (Å²) in [6.45, 7) is 1.96. The largest absolute Gasteiger partial charge is 0.573 e. The van der Waals surface area contributed by atoms with Gasteiger partial charge in [0.05, 0.1) is 0 Å². The summed E-state index contributed by atoms with van der Waals surface area (Å²) in [5.41, 5.74) is 2.92. The van der Waals surface area contributed by atoms with Gasteiger partial charge in [0.2, 0.25) is 0 Å². The van der Waals surface area contributed by atoms with Crippen LogP contribution in [0.3, 0.4) is 0 Å². The third-order valence-corrected chi connectivity index (χ3v) is 2.44. The number of halogens is 3. The van der Waals surface area contributed by atoms with Crippen molar-refractivity contribution in [3.63, 3.8) is 0 Å². The smallest absolute Gasteiger partial charge is 0.406 e. The molecule has 0 N–H and O–H groups in total. The van der Waals surface area contributed by atoms with E-state index in [4.69, 9.17) is 0 Å². The van der Waals surface area contributed by atoms with Crippen molar-refractivity contribution in [2.75, 3.05) is 0 Å². The fraction of sp³-hybridized carbons (Fsp3) is 0.143. The van der Waals surface area contributed by atoms with Crippen LogP contribution in [0.15, 0.2) is 48.5 Å². The standard InChI is InChI=1S/C14H11F3O/c1-10-3-2-4-12(9-10)11-5-7-13(8-6-11)18-14(15,16)17/h2-9H,1H3. The summed E-state index contributed by atoms with van der Waals surface area (Å²) in [5, 5.41) is 0. The van der Waals surface area contributed by atoms with Gasteiger partial charge in [-0.25, -0.2) is 0 Å². The maximum absolute atomic E-state index is 12.0. The van der Waals surface area contributed by atoms with Gasteiger partial charge in [0, 0.05) is 0 Å². The highest BCUT2D eigenvalue weighted by Gasteiger charge is 2.30. The summed E-state index contributed by atoms with van der Waals surface area (Å²) in [7, 11) is 0. The van der Waals surface area contributed by atoms with Crippen molar-refractivity contribution < 1.29 is 17.9 Å². The van der Waals surface area contributed by atoms with E-state index in [1.165, 1.54) is 12.1 Å². The Labute approximate surface area is 103 Å². The maximum Gasteiger partial charge on any atom is 0.573 e. The van der Waals surface area contributed by atoms with Gasteiger partial charge < -0.3 is 4.74 Å². The Hall–Kier alpha value is -1.97. The Kier molecular flexibility index (Phi) is 3.28. The van der Waals surface area contributed by atoms with Gasteiger partial charge >= 0.3 is 6.36 Å². The topological polar surface area (TPSA) is 9.23 Å². The molecule has 0 amide bonds. The number of ether oxygens (including phenoxy) is 1. The molecule has 0 aliphatic rings. The highest BCUT2D eigenvalue weighted by atomic mass is 19.4. The summed E-state index contributed by atoms with van der Waals surface area (Å²) < 4.78 is 39.8. The highest BCUT2D eigenvalue weighted by molar-refractivity contribution is 5.64. The quantitative estimate of drug-likeness (QED) is 0.761. The molecule has 0 aromatic heterocycles. The normalized spacial score (nSPS) is 11.3. The van der Waals surface area contributed by atoms with Gasteiger partial charge in [-0.05, 0) is 30.2 Å². The molecule has 0 heterocycles. The molecule has 0 saturated carbocycles. The minimum absolute atomic E-state index is 0.209. The Morgan fingerprint density at radius 2 is 1.56 bits per heavy atom. The molecule has 1 nitrogen and oxygen atoms in total. The molecule has 0 unspecified atom stereocenters. The van der Waals surface area contributed by atoms with Crippen LogP contribution in [0.5, 0.6) is 5.75 Å². The van der Waals surface area contributed by atoms with Gasteiger partial charge in [-0.2, -0.15) is 0 Å². The van der Waals surface area contributed by atoms with E-state index in [9.17, 15) is 13.2 Å². The summed E-state index contributed by atoms with van der Waals surface area (Å²) in [6.07, 6.45) is -4.65. The van der Waals surface area contributed by atoms with Gasteiger partial charge in [0.15, 0.2) is 0 Å². The number of rotatable bonds is 2. The van der Waals surface area contributed by atoms with Gasteiger partial charge in [-0.1, -0.05) is 42.0 Å². The molecule has 0 aliphatic heterocycles. The fourth-order valence-electron chi connectivity index (χ4n) is 1.67. The molecule has 0 spiro atoms. The third kappa shape index (κ3) is 3.26. The van der Waals surface area contributed by atoms with Crippen molar-refractivity contribution in [1.82, 2.24) is 0 Å². The Morgan fingerprint density at radius 1 is 0.889 bits per heavy atom. The average molecular weight is 252 g/mol. The molecule has 0 radical (unpaired) electrons. The molecule has 2 aromatic rings. The SMILES string of the molecule is Cc1cccc(-c2ccc(OC(F)(F)F)cc2)c1. The maximum atomic E-state index is 12.0. The Morgan fingerprint density at radius 3 is 2.11 bits per heavy atom. The zero-order valence-corrected chi connectivity index (χ0v) is 9.66. The van der Waals surface area contributed by atoms with Crippen LogP contribution in [-0.4, -0.2) is 6.36 Å². The number of aryl methyl sites for hydroxylation is 1. The van der Waals surface area contributed by atoms with E-state index in [0.717, 1.165) is 16.7 Å². The number of hydrogen-bond donors (Lipinski definition) is 0. The molecule has 0 fully saturated rings. The van der Waals surface area contributed by atoms with Gasteiger partial charge in [-0.3, -0.25) is 0 Å². The van der Waals surface area contributed by atoms with Crippen LogP contribution in [0, 0.1) is 6.92 Å². The van der Waals surface area contributed by atoms with Crippen molar-refractivity contribution in [3.8, 4) is 16.9 Å². The van der Waals surface area contributed by atoms with Crippen LogP contribution >= 0.6 is 0 Å². The second kappa shape index (κ2) is 4.72. The lowest BCUT2D eigenvalue weighted by Crippen LogP contribution is -2.16. The number of alkyl halides is 3. The van der Waals surface area contributed by atoms with E-state index >= 15 is 0 Å². The van der Waals surface area contributed by atoms with E-state index < -0.39 is 6.36 Å².